The summed E-state index contributed by atoms with van der Waals surface area (Å²) in [6.07, 6.45) is 5.06. The van der Waals surface area contributed by atoms with Crippen molar-refractivity contribution < 1.29 is 9.53 Å². The number of carbonyl (C=O) groups excluding carboxylic acids is 1. The van der Waals surface area contributed by atoms with Crippen molar-refractivity contribution in [2.45, 2.75) is 31.8 Å². The average Bonchev–Trinajstić information content (AvgIpc) is 3.17. The fourth-order valence-corrected chi connectivity index (χ4v) is 3.21. The van der Waals surface area contributed by atoms with E-state index in [1.54, 1.807) is 10.9 Å². The number of nitrogens with one attached hydrogen (secondary N) is 2. The maximum Gasteiger partial charge on any atom is 0.248 e. The largest absolute Gasteiger partial charge is 0.494 e. The summed E-state index contributed by atoms with van der Waals surface area (Å²) in [5.41, 5.74) is 0.368. The normalized spacial score (nSPS) is 15.9. The summed E-state index contributed by atoms with van der Waals surface area (Å²) in [5, 5.41) is 10.7. The van der Waals surface area contributed by atoms with Gasteiger partial charge in [0.15, 0.2) is 0 Å². The zero-order valence-corrected chi connectivity index (χ0v) is 15.2. The molecule has 0 atom stereocenters. The van der Waals surface area contributed by atoms with Gasteiger partial charge in [0.05, 0.1) is 6.61 Å². The number of benzene rings is 1. The summed E-state index contributed by atoms with van der Waals surface area (Å²) in [4.78, 5) is 13.0. The van der Waals surface area contributed by atoms with Gasteiger partial charge >= 0.3 is 0 Å². The van der Waals surface area contributed by atoms with Crippen molar-refractivity contribution in [2.24, 2.45) is 0 Å². The van der Waals surface area contributed by atoms with Crippen LogP contribution in [-0.4, -0.2) is 35.4 Å². The van der Waals surface area contributed by atoms with Crippen LogP contribution in [0.5, 0.6) is 5.75 Å². The van der Waals surface area contributed by atoms with E-state index in [1.807, 2.05) is 43.5 Å². The maximum absolute atomic E-state index is 13.0. The molecule has 1 aliphatic heterocycles. The Labute approximate surface area is 154 Å². The minimum Gasteiger partial charge on any atom is -0.494 e. The van der Waals surface area contributed by atoms with Crippen LogP contribution in [0.25, 0.3) is 0 Å². The molecule has 2 N–H and O–H groups in total. The van der Waals surface area contributed by atoms with Gasteiger partial charge in [-0.15, -0.1) is 12.4 Å². The standard InChI is InChI=1S/C18H24N4O2.ClH/c1-2-24-16-7-4-3-6-15(16)14-20-17(23)18(8-11-19-12-9-18)22-13-5-10-21-22;/h3-7,10,13,19H,2,8-9,11-12,14H2,1H3,(H,20,23);1H. The van der Waals surface area contributed by atoms with Crippen molar-refractivity contribution >= 4 is 18.3 Å². The Balaban J connectivity index is 0.00000225. The third-order valence-electron chi connectivity index (χ3n) is 4.51. The Morgan fingerprint density at radius 3 is 2.76 bits per heavy atom. The molecule has 1 aromatic carbocycles. The summed E-state index contributed by atoms with van der Waals surface area (Å²) < 4.78 is 7.44. The molecule has 2 aromatic rings. The smallest absolute Gasteiger partial charge is 0.248 e. The van der Waals surface area contributed by atoms with Gasteiger partial charge in [-0.2, -0.15) is 5.10 Å². The molecule has 3 rings (SSSR count). The SMILES string of the molecule is CCOc1ccccc1CNC(=O)C1(n2cccn2)CCNCC1.Cl. The second kappa shape index (κ2) is 8.87. The molecule has 25 heavy (non-hydrogen) atoms. The summed E-state index contributed by atoms with van der Waals surface area (Å²) in [6.45, 7) is 4.63. The van der Waals surface area contributed by atoms with Crippen LogP contribution in [0.1, 0.15) is 25.3 Å². The van der Waals surface area contributed by atoms with E-state index in [9.17, 15) is 4.79 Å². The lowest BCUT2D eigenvalue weighted by Crippen LogP contribution is -2.54. The molecule has 1 amide bonds. The van der Waals surface area contributed by atoms with Crippen LogP contribution in [0.2, 0.25) is 0 Å². The van der Waals surface area contributed by atoms with E-state index >= 15 is 0 Å². The number of hydrogen-bond donors (Lipinski definition) is 2. The third kappa shape index (κ3) is 4.14. The lowest BCUT2D eigenvalue weighted by atomic mass is 9.87. The zero-order chi connectivity index (χ0) is 16.8. The molecule has 0 radical (unpaired) electrons. The number of hydrogen-bond acceptors (Lipinski definition) is 4. The number of nitrogens with zero attached hydrogens (tertiary/aromatic N) is 2. The summed E-state index contributed by atoms with van der Waals surface area (Å²) in [5.74, 6) is 0.831. The van der Waals surface area contributed by atoms with Crippen molar-refractivity contribution in [3.8, 4) is 5.75 Å². The Morgan fingerprint density at radius 1 is 1.32 bits per heavy atom. The summed E-state index contributed by atoms with van der Waals surface area (Å²) in [7, 11) is 0. The van der Waals surface area contributed by atoms with E-state index in [0.717, 1.165) is 37.2 Å². The first-order valence-electron chi connectivity index (χ1n) is 8.46. The van der Waals surface area contributed by atoms with E-state index < -0.39 is 5.54 Å². The lowest BCUT2D eigenvalue weighted by molar-refractivity contribution is -0.132. The molecule has 0 spiro atoms. The average molecular weight is 365 g/mol. The zero-order valence-electron chi connectivity index (χ0n) is 14.4. The molecule has 0 saturated carbocycles. The van der Waals surface area contributed by atoms with Crippen molar-refractivity contribution in [2.75, 3.05) is 19.7 Å². The minimum atomic E-state index is -0.616. The molecule has 136 valence electrons. The number of para-hydroxylation sites is 1. The third-order valence-corrected chi connectivity index (χ3v) is 4.51. The highest BCUT2D eigenvalue weighted by Crippen LogP contribution is 2.27. The number of ether oxygens (including phenoxy) is 1. The number of piperidine rings is 1. The van der Waals surface area contributed by atoms with Gasteiger partial charge in [0.2, 0.25) is 5.91 Å². The first-order chi connectivity index (χ1) is 11.8. The van der Waals surface area contributed by atoms with Gasteiger partial charge < -0.3 is 15.4 Å². The first kappa shape index (κ1) is 19.3. The van der Waals surface area contributed by atoms with Crippen molar-refractivity contribution in [3.05, 3.63) is 48.3 Å². The van der Waals surface area contributed by atoms with Gasteiger partial charge in [0.25, 0.3) is 0 Å². The van der Waals surface area contributed by atoms with Crippen molar-refractivity contribution in [1.29, 1.82) is 0 Å². The van der Waals surface area contributed by atoms with Crippen LogP contribution >= 0.6 is 12.4 Å². The number of halogens is 1. The van der Waals surface area contributed by atoms with Gasteiger partial charge in [-0.3, -0.25) is 9.48 Å². The Bertz CT molecular complexity index is 669. The molecule has 7 heteroatoms. The fraction of sp³-hybridized carbons (Fsp3) is 0.444. The van der Waals surface area contributed by atoms with Gasteiger partial charge in [-0.25, -0.2) is 0 Å². The van der Waals surface area contributed by atoms with Crippen molar-refractivity contribution in [1.82, 2.24) is 20.4 Å². The quantitative estimate of drug-likeness (QED) is 0.823. The Morgan fingerprint density at radius 2 is 2.08 bits per heavy atom. The van der Waals surface area contributed by atoms with Gasteiger partial charge in [0.1, 0.15) is 11.3 Å². The van der Waals surface area contributed by atoms with E-state index in [2.05, 4.69) is 15.7 Å². The van der Waals surface area contributed by atoms with E-state index in [0.29, 0.717) is 13.2 Å². The summed E-state index contributed by atoms with van der Waals surface area (Å²) in [6, 6.07) is 9.67. The molecular weight excluding hydrogens is 340 g/mol. The molecule has 1 fully saturated rings. The molecule has 1 aliphatic rings. The Kier molecular flexibility index (Phi) is 6.84. The highest BCUT2D eigenvalue weighted by atomic mass is 35.5. The molecule has 0 aliphatic carbocycles. The number of amides is 1. The van der Waals surface area contributed by atoms with Gasteiger partial charge in [-0.05, 0) is 45.0 Å². The minimum absolute atomic E-state index is 0. The molecule has 2 heterocycles. The van der Waals surface area contributed by atoms with Gasteiger partial charge in [-0.1, -0.05) is 18.2 Å². The molecule has 6 nitrogen and oxygen atoms in total. The highest BCUT2D eigenvalue weighted by Gasteiger charge is 2.41. The molecule has 1 saturated heterocycles. The van der Waals surface area contributed by atoms with Crippen LogP contribution in [0.3, 0.4) is 0 Å². The van der Waals surface area contributed by atoms with E-state index in [1.165, 1.54) is 0 Å². The lowest BCUT2D eigenvalue weighted by Gasteiger charge is -2.36. The number of rotatable bonds is 6. The second-order valence-corrected chi connectivity index (χ2v) is 5.96. The molecular formula is C18H25ClN4O2. The van der Waals surface area contributed by atoms with E-state index in [4.69, 9.17) is 4.74 Å². The molecule has 1 aromatic heterocycles. The number of aromatic nitrogens is 2. The Hall–Kier alpha value is -2.05. The van der Waals surface area contributed by atoms with Crippen LogP contribution in [0.15, 0.2) is 42.7 Å². The predicted octanol–water partition coefficient (Wildman–Crippen LogP) is 2.10. The second-order valence-electron chi connectivity index (χ2n) is 5.96. The van der Waals surface area contributed by atoms with Crippen LogP contribution in [-0.2, 0) is 16.9 Å². The maximum atomic E-state index is 13.0. The predicted molar refractivity (Wildman–Crippen MR) is 99.0 cm³/mol. The highest BCUT2D eigenvalue weighted by molar-refractivity contribution is 5.85. The summed E-state index contributed by atoms with van der Waals surface area (Å²) >= 11 is 0. The van der Waals surface area contributed by atoms with Crippen LogP contribution < -0.4 is 15.4 Å². The topological polar surface area (TPSA) is 68.2 Å². The fourth-order valence-electron chi connectivity index (χ4n) is 3.21. The van der Waals surface area contributed by atoms with E-state index in [-0.39, 0.29) is 18.3 Å². The monoisotopic (exact) mass is 364 g/mol. The molecule has 0 unspecified atom stereocenters. The van der Waals surface area contributed by atoms with Crippen LogP contribution in [0.4, 0.5) is 0 Å². The van der Waals surface area contributed by atoms with Crippen LogP contribution in [0, 0.1) is 0 Å². The number of carbonyl (C=O) groups is 1. The first-order valence-corrected chi connectivity index (χ1v) is 8.46. The van der Waals surface area contributed by atoms with Crippen molar-refractivity contribution in [3.63, 3.8) is 0 Å². The molecule has 0 bridgehead atoms. The van der Waals surface area contributed by atoms with Gasteiger partial charge in [0, 0.05) is 24.5 Å².